The molecule has 0 bridgehead atoms. The van der Waals surface area contributed by atoms with E-state index in [2.05, 4.69) is 15.9 Å². The normalized spacial score (nSPS) is 29.2. The third-order valence-corrected chi connectivity index (χ3v) is 2.91. The predicted molar refractivity (Wildman–Crippen MR) is 45.3 cm³/mol. The van der Waals surface area contributed by atoms with Crippen LogP contribution in [-0.2, 0) is 0 Å². The van der Waals surface area contributed by atoms with Gasteiger partial charge in [-0.3, -0.25) is 0 Å². The summed E-state index contributed by atoms with van der Waals surface area (Å²) in [5, 5.41) is 0.847. The van der Waals surface area contributed by atoms with E-state index in [-0.39, 0.29) is 12.3 Å². The summed E-state index contributed by atoms with van der Waals surface area (Å²) in [7, 11) is 0. The smallest absolute Gasteiger partial charge is 0.207 e. The molecule has 1 saturated carbocycles. The summed E-state index contributed by atoms with van der Waals surface area (Å²) in [5.41, 5.74) is 0. The van der Waals surface area contributed by atoms with Crippen molar-refractivity contribution in [3.63, 3.8) is 0 Å². The van der Waals surface area contributed by atoms with Crippen molar-refractivity contribution >= 4 is 15.9 Å². The van der Waals surface area contributed by atoms with Gasteiger partial charge in [0.15, 0.2) is 0 Å². The lowest BCUT2D eigenvalue weighted by Gasteiger charge is -2.17. The van der Waals surface area contributed by atoms with Crippen molar-refractivity contribution in [2.45, 2.75) is 38.0 Å². The minimum absolute atomic E-state index is 0.111. The SMILES string of the molecule is FC1(F)CCCC1CCCBr. The summed E-state index contributed by atoms with van der Waals surface area (Å²) in [6.07, 6.45) is 3.10. The molecular weight excluding hydrogens is 214 g/mol. The number of hydrogen-bond acceptors (Lipinski definition) is 0. The predicted octanol–water partition coefficient (Wildman–Crippen LogP) is 3.60. The van der Waals surface area contributed by atoms with Crippen LogP contribution in [0, 0.1) is 5.92 Å². The molecule has 1 atom stereocenters. The molecule has 0 N–H and O–H groups in total. The molecule has 1 rings (SSSR count). The zero-order valence-corrected chi connectivity index (χ0v) is 8.04. The van der Waals surface area contributed by atoms with Gasteiger partial charge in [0.25, 0.3) is 5.92 Å². The van der Waals surface area contributed by atoms with E-state index in [9.17, 15) is 8.78 Å². The second kappa shape index (κ2) is 3.83. The number of rotatable bonds is 3. The molecule has 0 saturated heterocycles. The van der Waals surface area contributed by atoms with Gasteiger partial charge >= 0.3 is 0 Å². The van der Waals surface area contributed by atoms with E-state index < -0.39 is 5.92 Å². The summed E-state index contributed by atoms with van der Waals surface area (Å²) < 4.78 is 25.8. The first-order chi connectivity index (χ1) is 5.17. The molecule has 0 radical (unpaired) electrons. The van der Waals surface area contributed by atoms with Crippen molar-refractivity contribution in [3.8, 4) is 0 Å². The molecule has 0 spiro atoms. The Labute approximate surface area is 74.5 Å². The second-order valence-corrected chi connectivity index (χ2v) is 3.97. The van der Waals surface area contributed by atoms with Gasteiger partial charge in [-0.05, 0) is 25.7 Å². The molecule has 0 amide bonds. The fraction of sp³-hybridized carbons (Fsp3) is 1.00. The van der Waals surface area contributed by atoms with Crippen molar-refractivity contribution in [1.29, 1.82) is 0 Å². The first-order valence-electron chi connectivity index (χ1n) is 4.10. The topological polar surface area (TPSA) is 0 Å². The molecule has 11 heavy (non-hydrogen) atoms. The fourth-order valence-electron chi connectivity index (χ4n) is 1.68. The molecule has 0 nitrogen and oxygen atoms in total. The van der Waals surface area contributed by atoms with E-state index in [1.165, 1.54) is 0 Å². The molecule has 1 aliphatic carbocycles. The van der Waals surface area contributed by atoms with E-state index in [4.69, 9.17) is 0 Å². The van der Waals surface area contributed by atoms with Crippen molar-refractivity contribution in [3.05, 3.63) is 0 Å². The number of halogens is 3. The quantitative estimate of drug-likeness (QED) is 0.646. The Bertz CT molecular complexity index is 125. The summed E-state index contributed by atoms with van der Waals surface area (Å²) in [5.74, 6) is -2.69. The molecule has 0 aromatic rings. The standard InChI is InChI=1S/C8H13BrF2/c9-6-2-4-7-3-1-5-8(7,10)11/h7H,1-6H2. The fourth-order valence-corrected chi connectivity index (χ4v) is 2.00. The Balaban J connectivity index is 2.32. The van der Waals surface area contributed by atoms with Crippen molar-refractivity contribution in [1.82, 2.24) is 0 Å². The second-order valence-electron chi connectivity index (χ2n) is 3.18. The van der Waals surface area contributed by atoms with Crippen LogP contribution in [0.1, 0.15) is 32.1 Å². The van der Waals surface area contributed by atoms with Gasteiger partial charge in [0.1, 0.15) is 0 Å². The summed E-state index contributed by atoms with van der Waals surface area (Å²) in [6, 6.07) is 0. The highest BCUT2D eigenvalue weighted by Gasteiger charge is 2.42. The Morgan fingerprint density at radius 2 is 2.18 bits per heavy atom. The molecule has 0 aliphatic heterocycles. The van der Waals surface area contributed by atoms with Gasteiger partial charge in [-0.2, -0.15) is 0 Å². The van der Waals surface area contributed by atoms with E-state index >= 15 is 0 Å². The van der Waals surface area contributed by atoms with Gasteiger partial charge in [-0.1, -0.05) is 15.9 Å². The zero-order valence-electron chi connectivity index (χ0n) is 6.45. The average molecular weight is 227 g/mol. The maximum atomic E-state index is 12.9. The molecule has 0 heterocycles. The van der Waals surface area contributed by atoms with E-state index in [0.717, 1.165) is 18.2 Å². The van der Waals surface area contributed by atoms with Gasteiger partial charge in [0, 0.05) is 17.7 Å². The van der Waals surface area contributed by atoms with E-state index in [1.54, 1.807) is 0 Å². The highest BCUT2D eigenvalue weighted by molar-refractivity contribution is 9.09. The molecule has 66 valence electrons. The first kappa shape index (κ1) is 9.43. The zero-order chi connectivity index (χ0) is 8.32. The first-order valence-corrected chi connectivity index (χ1v) is 5.23. The lowest BCUT2D eigenvalue weighted by molar-refractivity contribution is -0.0394. The van der Waals surface area contributed by atoms with Crippen LogP contribution in [0.4, 0.5) is 8.78 Å². The van der Waals surface area contributed by atoms with E-state index in [1.807, 2.05) is 0 Å². The summed E-state index contributed by atoms with van der Waals surface area (Å²) in [6.45, 7) is 0. The van der Waals surface area contributed by atoms with Crippen LogP contribution in [0.3, 0.4) is 0 Å². The van der Waals surface area contributed by atoms with Crippen LogP contribution in [0.5, 0.6) is 0 Å². The summed E-state index contributed by atoms with van der Waals surface area (Å²) >= 11 is 3.25. The van der Waals surface area contributed by atoms with Gasteiger partial charge < -0.3 is 0 Å². The third-order valence-electron chi connectivity index (χ3n) is 2.35. The minimum atomic E-state index is -2.36. The molecule has 1 unspecified atom stereocenters. The lowest BCUT2D eigenvalue weighted by atomic mass is 9.99. The van der Waals surface area contributed by atoms with Crippen molar-refractivity contribution in [2.75, 3.05) is 5.33 Å². The average Bonchev–Trinajstić information content (AvgIpc) is 2.25. The highest BCUT2D eigenvalue weighted by Crippen LogP contribution is 2.42. The lowest BCUT2D eigenvalue weighted by Crippen LogP contribution is -2.21. The van der Waals surface area contributed by atoms with Crippen molar-refractivity contribution < 1.29 is 8.78 Å². The van der Waals surface area contributed by atoms with E-state index in [0.29, 0.717) is 12.8 Å². The number of hydrogen-bond donors (Lipinski definition) is 0. The molecule has 3 heteroatoms. The monoisotopic (exact) mass is 226 g/mol. The van der Waals surface area contributed by atoms with Crippen LogP contribution in [0.25, 0.3) is 0 Å². The molecule has 0 aromatic heterocycles. The van der Waals surface area contributed by atoms with Crippen molar-refractivity contribution in [2.24, 2.45) is 5.92 Å². The third kappa shape index (κ3) is 2.39. The van der Waals surface area contributed by atoms with Gasteiger partial charge in [0.2, 0.25) is 0 Å². The van der Waals surface area contributed by atoms with Crippen LogP contribution < -0.4 is 0 Å². The Morgan fingerprint density at radius 3 is 2.64 bits per heavy atom. The maximum Gasteiger partial charge on any atom is 0.250 e. The Kier molecular flexibility index (Phi) is 3.29. The summed E-state index contributed by atoms with van der Waals surface area (Å²) in [4.78, 5) is 0. The molecule has 0 aromatic carbocycles. The highest BCUT2D eigenvalue weighted by atomic mass is 79.9. The van der Waals surface area contributed by atoms with Crippen LogP contribution in [-0.4, -0.2) is 11.3 Å². The maximum absolute atomic E-state index is 12.9. The van der Waals surface area contributed by atoms with Crippen LogP contribution in [0.2, 0.25) is 0 Å². The molecule has 1 aliphatic rings. The van der Waals surface area contributed by atoms with Gasteiger partial charge in [0.05, 0.1) is 0 Å². The molecule has 1 fully saturated rings. The Morgan fingerprint density at radius 1 is 1.45 bits per heavy atom. The van der Waals surface area contributed by atoms with Crippen LogP contribution >= 0.6 is 15.9 Å². The molecular formula is C8H13BrF2. The number of alkyl halides is 3. The van der Waals surface area contributed by atoms with Gasteiger partial charge in [-0.15, -0.1) is 0 Å². The van der Waals surface area contributed by atoms with Crippen LogP contribution in [0.15, 0.2) is 0 Å². The van der Waals surface area contributed by atoms with Gasteiger partial charge in [-0.25, -0.2) is 8.78 Å². The largest absolute Gasteiger partial charge is 0.250 e. The minimum Gasteiger partial charge on any atom is -0.207 e. The Hall–Kier alpha value is 0.340.